The number of nitrogens with two attached hydrogens (primary N) is 1. The molecule has 0 spiro atoms. The summed E-state index contributed by atoms with van der Waals surface area (Å²) in [7, 11) is 0. The Kier molecular flexibility index (Phi) is 2.63. The summed E-state index contributed by atoms with van der Waals surface area (Å²) >= 11 is 7.55. The van der Waals surface area contributed by atoms with Crippen LogP contribution in [0.25, 0.3) is 27.8 Å². The molecule has 0 atom stereocenters. The molecule has 21 heavy (non-hydrogen) atoms. The van der Waals surface area contributed by atoms with Gasteiger partial charge in [-0.1, -0.05) is 17.7 Å². The largest absolute Gasteiger partial charge is 0.369 e. The number of aromatic nitrogens is 4. The van der Waals surface area contributed by atoms with Crippen molar-refractivity contribution in [2.45, 2.75) is 6.92 Å². The monoisotopic (exact) mass is 315 g/mol. The van der Waals surface area contributed by atoms with Crippen LogP contribution in [0.1, 0.15) is 5.56 Å². The molecule has 5 nitrogen and oxygen atoms in total. The normalized spacial score (nSPS) is 11.5. The molecule has 0 saturated heterocycles. The van der Waals surface area contributed by atoms with Crippen molar-refractivity contribution in [1.82, 2.24) is 18.3 Å². The van der Waals surface area contributed by atoms with Crippen LogP contribution in [0.15, 0.2) is 30.3 Å². The summed E-state index contributed by atoms with van der Waals surface area (Å²) in [6.07, 6.45) is 0. The average molecular weight is 316 g/mol. The highest BCUT2D eigenvalue weighted by atomic mass is 35.5. The SMILES string of the molecule is Cc1ccc2nc(N)n(-c3c(Cl)ccc4nsnc34)c2c1. The van der Waals surface area contributed by atoms with E-state index in [9.17, 15) is 0 Å². The highest BCUT2D eigenvalue weighted by Crippen LogP contribution is 2.33. The number of imidazole rings is 1. The summed E-state index contributed by atoms with van der Waals surface area (Å²) in [5.41, 5.74) is 11.2. The van der Waals surface area contributed by atoms with Gasteiger partial charge in [-0.15, -0.1) is 0 Å². The first-order valence-corrected chi connectivity index (χ1v) is 7.42. The fourth-order valence-corrected chi connectivity index (χ4v) is 3.24. The Balaban J connectivity index is 2.18. The van der Waals surface area contributed by atoms with Gasteiger partial charge in [-0.25, -0.2) is 4.98 Å². The summed E-state index contributed by atoms with van der Waals surface area (Å²) in [5.74, 6) is 0.387. The van der Waals surface area contributed by atoms with Crippen molar-refractivity contribution in [2.24, 2.45) is 0 Å². The van der Waals surface area contributed by atoms with E-state index in [-0.39, 0.29) is 0 Å². The first-order valence-electron chi connectivity index (χ1n) is 6.31. The van der Waals surface area contributed by atoms with E-state index >= 15 is 0 Å². The second-order valence-corrected chi connectivity index (χ2v) is 5.76. The Morgan fingerprint density at radius 1 is 1.14 bits per heavy atom. The first-order chi connectivity index (χ1) is 10.1. The van der Waals surface area contributed by atoms with Crippen LogP contribution in [0, 0.1) is 6.92 Å². The van der Waals surface area contributed by atoms with Gasteiger partial charge >= 0.3 is 0 Å². The molecule has 2 heterocycles. The lowest BCUT2D eigenvalue weighted by Gasteiger charge is -2.09. The topological polar surface area (TPSA) is 69.6 Å². The highest BCUT2D eigenvalue weighted by Gasteiger charge is 2.17. The van der Waals surface area contributed by atoms with Crippen molar-refractivity contribution in [1.29, 1.82) is 0 Å². The average Bonchev–Trinajstić information content (AvgIpc) is 3.03. The number of anilines is 1. The number of hydrogen-bond donors (Lipinski definition) is 1. The van der Waals surface area contributed by atoms with Crippen LogP contribution in [0.2, 0.25) is 5.02 Å². The van der Waals surface area contributed by atoms with E-state index in [4.69, 9.17) is 17.3 Å². The van der Waals surface area contributed by atoms with Gasteiger partial charge in [0, 0.05) is 0 Å². The molecule has 0 unspecified atom stereocenters. The molecular weight excluding hydrogens is 306 g/mol. The van der Waals surface area contributed by atoms with Crippen LogP contribution in [0.5, 0.6) is 0 Å². The Bertz CT molecular complexity index is 988. The fraction of sp³-hybridized carbons (Fsp3) is 0.0714. The Labute approximate surface area is 129 Å². The van der Waals surface area contributed by atoms with Gasteiger partial charge in [-0.3, -0.25) is 4.57 Å². The molecule has 0 fully saturated rings. The molecule has 7 heteroatoms. The van der Waals surface area contributed by atoms with Gasteiger partial charge in [-0.05, 0) is 36.8 Å². The third-order valence-corrected chi connectivity index (χ3v) is 4.26. The molecule has 0 radical (unpaired) electrons. The molecular formula is C14H10ClN5S. The maximum atomic E-state index is 6.40. The molecule has 2 aromatic heterocycles. The van der Waals surface area contributed by atoms with Crippen molar-refractivity contribution in [3.05, 3.63) is 40.9 Å². The summed E-state index contributed by atoms with van der Waals surface area (Å²) in [6, 6.07) is 9.65. The molecule has 0 aliphatic carbocycles. The van der Waals surface area contributed by atoms with Crippen molar-refractivity contribution < 1.29 is 0 Å². The number of fused-ring (bicyclic) bond motifs is 2. The zero-order valence-corrected chi connectivity index (χ0v) is 12.6. The van der Waals surface area contributed by atoms with Crippen LogP contribution in [-0.4, -0.2) is 18.3 Å². The molecule has 0 bridgehead atoms. The van der Waals surface area contributed by atoms with Crippen molar-refractivity contribution >= 4 is 51.3 Å². The van der Waals surface area contributed by atoms with E-state index in [1.165, 1.54) is 0 Å². The zero-order valence-electron chi connectivity index (χ0n) is 11.0. The number of aryl methyl sites for hydroxylation is 1. The van der Waals surface area contributed by atoms with E-state index in [0.29, 0.717) is 11.0 Å². The molecule has 0 saturated carbocycles. The van der Waals surface area contributed by atoms with Crippen LogP contribution in [0.4, 0.5) is 5.95 Å². The minimum Gasteiger partial charge on any atom is -0.369 e. The predicted octanol–water partition coefficient (Wildman–Crippen LogP) is 3.57. The quantitative estimate of drug-likeness (QED) is 0.583. The van der Waals surface area contributed by atoms with Gasteiger partial charge in [-0.2, -0.15) is 8.75 Å². The molecule has 0 aliphatic rings. The minimum absolute atomic E-state index is 0.387. The minimum atomic E-state index is 0.387. The number of hydrogen-bond acceptors (Lipinski definition) is 5. The predicted molar refractivity (Wildman–Crippen MR) is 86.2 cm³/mol. The Morgan fingerprint density at radius 3 is 2.81 bits per heavy atom. The lowest BCUT2D eigenvalue weighted by molar-refractivity contribution is 1.12. The van der Waals surface area contributed by atoms with Gasteiger partial charge in [0.2, 0.25) is 5.95 Å². The first kappa shape index (κ1) is 12.6. The van der Waals surface area contributed by atoms with Crippen molar-refractivity contribution in [3.63, 3.8) is 0 Å². The third-order valence-electron chi connectivity index (χ3n) is 3.41. The number of rotatable bonds is 1. The molecule has 0 amide bonds. The number of nitrogen functional groups attached to an aromatic ring is 1. The van der Waals surface area contributed by atoms with Crippen LogP contribution >= 0.6 is 23.3 Å². The summed E-state index contributed by atoms with van der Waals surface area (Å²) in [4.78, 5) is 4.40. The molecule has 4 aromatic rings. The van der Waals surface area contributed by atoms with Gasteiger partial charge < -0.3 is 5.73 Å². The smallest absolute Gasteiger partial charge is 0.206 e. The van der Waals surface area contributed by atoms with E-state index in [2.05, 4.69) is 13.7 Å². The summed E-state index contributed by atoms with van der Waals surface area (Å²) in [6.45, 7) is 2.03. The van der Waals surface area contributed by atoms with E-state index in [1.807, 2.05) is 41.8 Å². The lowest BCUT2D eigenvalue weighted by atomic mass is 10.2. The fourth-order valence-electron chi connectivity index (χ4n) is 2.46. The summed E-state index contributed by atoms with van der Waals surface area (Å²) < 4.78 is 10.4. The Morgan fingerprint density at radius 2 is 1.95 bits per heavy atom. The molecule has 2 N–H and O–H groups in total. The van der Waals surface area contributed by atoms with Crippen LogP contribution in [-0.2, 0) is 0 Å². The van der Waals surface area contributed by atoms with Gasteiger partial charge in [0.1, 0.15) is 11.0 Å². The van der Waals surface area contributed by atoms with Crippen LogP contribution < -0.4 is 5.73 Å². The molecule has 104 valence electrons. The standard InChI is InChI=1S/C14H10ClN5S/c1-7-2-4-9-11(6-7)20(14(16)17-9)13-8(15)3-5-10-12(13)19-21-18-10/h2-6H,1H3,(H2,16,17). The number of benzene rings is 2. The second kappa shape index (κ2) is 4.41. The van der Waals surface area contributed by atoms with Gasteiger partial charge in [0.15, 0.2) is 0 Å². The van der Waals surface area contributed by atoms with E-state index in [0.717, 1.165) is 45.0 Å². The molecule has 0 aliphatic heterocycles. The van der Waals surface area contributed by atoms with E-state index in [1.54, 1.807) is 0 Å². The van der Waals surface area contributed by atoms with Crippen molar-refractivity contribution in [3.8, 4) is 5.69 Å². The summed E-state index contributed by atoms with van der Waals surface area (Å²) in [5, 5.41) is 0.572. The van der Waals surface area contributed by atoms with Crippen LogP contribution in [0.3, 0.4) is 0 Å². The second-order valence-electron chi connectivity index (χ2n) is 4.83. The molecule has 4 rings (SSSR count). The van der Waals surface area contributed by atoms with Gasteiger partial charge in [0.25, 0.3) is 0 Å². The maximum absolute atomic E-state index is 6.40. The molecule has 2 aromatic carbocycles. The maximum Gasteiger partial charge on any atom is 0.206 e. The number of halogens is 1. The highest BCUT2D eigenvalue weighted by molar-refractivity contribution is 7.00. The van der Waals surface area contributed by atoms with E-state index < -0.39 is 0 Å². The lowest BCUT2D eigenvalue weighted by Crippen LogP contribution is -2.02. The zero-order chi connectivity index (χ0) is 14.6. The Hall–Kier alpha value is -2.18. The third kappa shape index (κ3) is 1.80. The van der Waals surface area contributed by atoms with Crippen molar-refractivity contribution in [2.75, 3.05) is 5.73 Å². The number of nitrogens with zero attached hydrogens (tertiary/aromatic N) is 4. The van der Waals surface area contributed by atoms with Gasteiger partial charge in [0.05, 0.1) is 33.5 Å².